The number of hydrogen-bond acceptors (Lipinski definition) is 5. The molecule has 0 aliphatic carbocycles. The van der Waals surface area contributed by atoms with Crippen molar-refractivity contribution in [3.05, 3.63) is 64.9 Å². The monoisotopic (exact) mass is 491 g/mol. The SMILES string of the molecule is CC(Sc1nnc(CN2CCCCC2)n1-c1ccc(F)cc1)C(=O)Nc1ccc(F)c(Cl)c1. The molecule has 2 heterocycles. The summed E-state index contributed by atoms with van der Waals surface area (Å²) in [5.41, 5.74) is 1.14. The van der Waals surface area contributed by atoms with Gasteiger partial charge in [0.2, 0.25) is 5.91 Å². The molecule has 1 saturated heterocycles. The Bertz CT molecular complexity index is 1120. The number of benzene rings is 2. The van der Waals surface area contributed by atoms with Crippen LogP contribution in [0, 0.1) is 11.6 Å². The average molecular weight is 492 g/mol. The van der Waals surface area contributed by atoms with E-state index in [1.165, 1.54) is 48.5 Å². The number of nitrogens with one attached hydrogen (secondary N) is 1. The van der Waals surface area contributed by atoms with Gasteiger partial charge in [-0.2, -0.15) is 0 Å². The van der Waals surface area contributed by atoms with Gasteiger partial charge in [-0.3, -0.25) is 14.3 Å². The van der Waals surface area contributed by atoms with Crippen molar-refractivity contribution in [3.63, 3.8) is 0 Å². The number of aromatic nitrogens is 3. The molecular formula is C23H24ClF2N5OS. The second kappa shape index (κ2) is 10.6. The Labute approximate surface area is 200 Å². The zero-order valence-electron chi connectivity index (χ0n) is 18.1. The lowest BCUT2D eigenvalue weighted by molar-refractivity contribution is -0.115. The fourth-order valence-electron chi connectivity index (χ4n) is 3.68. The molecule has 2 aromatic carbocycles. The van der Waals surface area contributed by atoms with E-state index in [4.69, 9.17) is 11.6 Å². The first-order chi connectivity index (χ1) is 15.9. The summed E-state index contributed by atoms with van der Waals surface area (Å²) in [6, 6.07) is 10.2. The van der Waals surface area contributed by atoms with Crippen LogP contribution < -0.4 is 5.32 Å². The predicted molar refractivity (Wildman–Crippen MR) is 126 cm³/mol. The summed E-state index contributed by atoms with van der Waals surface area (Å²) in [5, 5.41) is 11.4. The number of anilines is 1. The fourth-order valence-corrected chi connectivity index (χ4v) is 4.74. The van der Waals surface area contributed by atoms with Crippen LogP contribution >= 0.6 is 23.4 Å². The van der Waals surface area contributed by atoms with Gasteiger partial charge in [-0.15, -0.1) is 10.2 Å². The number of carbonyl (C=O) groups excluding carboxylic acids is 1. The van der Waals surface area contributed by atoms with Crippen LogP contribution in [0.15, 0.2) is 47.6 Å². The van der Waals surface area contributed by atoms with E-state index in [2.05, 4.69) is 20.4 Å². The molecule has 0 spiro atoms. The molecule has 33 heavy (non-hydrogen) atoms. The molecular weight excluding hydrogens is 468 g/mol. The van der Waals surface area contributed by atoms with Gasteiger partial charge in [0.05, 0.1) is 16.8 Å². The minimum atomic E-state index is -0.550. The Balaban J connectivity index is 1.54. The van der Waals surface area contributed by atoms with Crippen LogP contribution in [0.25, 0.3) is 5.69 Å². The lowest BCUT2D eigenvalue weighted by Crippen LogP contribution is -2.30. The molecule has 1 N–H and O–H groups in total. The van der Waals surface area contributed by atoms with E-state index in [0.717, 1.165) is 37.4 Å². The van der Waals surface area contributed by atoms with Crippen molar-refractivity contribution >= 4 is 35.0 Å². The lowest BCUT2D eigenvalue weighted by atomic mass is 10.1. The van der Waals surface area contributed by atoms with Crippen molar-refractivity contribution in [2.45, 2.75) is 43.1 Å². The molecule has 3 aromatic rings. The third-order valence-corrected chi connectivity index (χ3v) is 6.77. The largest absolute Gasteiger partial charge is 0.325 e. The topological polar surface area (TPSA) is 63.1 Å². The molecule has 1 aromatic heterocycles. The zero-order valence-corrected chi connectivity index (χ0v) is 19.7. The van der Waals surface area contributed by atoms with Crippen LogP contribution in [0.4, 0.5) is 14.5 Å². The van der Waals surface area contributed by atoms with Crippen molar-refractivity contribution in [1.29, 1.82) is 0 Å². The lowest BCUT2D eigenvalue weighted by Gasteiger charge is -2.26. The molecule has 174 valence electrons. The van der Waals surface area contributed by atoms with Crippen molar-refractivity contribution in [3.8, 4) is 5.69 Å². The molecule has 4 rings (SSSR count). The third kappa shape index (κ3) is 5.90. The average Bonchev–Trinajstić information content (AvgIpc) is 3.19. The van der Waals surface area contributed by atoms with Gasteiger partial charge in [0.1, 0.15) is 11.6 Å². The number of likely N-dealkylation sites (tertiary alicyclic amines) is 1. The fraction of sp³-hybridized carbons (Fsp3) is 0.348. The highest BCUT2D eigenvalue weighted by atomic mass is 35.5. The number of hydrogen-bond donors (Lipinski definition) is 1. The van der Waals surface area contributed by atoms with E-state index >= 15 is 0 Å². The maximum absolute atomic E-state index is 13.5. The van der Waals surface area contributed by atoms with Crippen molar-refractivity contribution in [1.82, 2.24) is 19.7 Å². The van der Waals surface area contributed by atoms with Gasteiger partial charge >= 0.3 is 0 Å². The van der Waals surface area contributed by atoms with E-state index in [1.54, 1.807) is 19.1 Å². The van der Waals surface area contributed by atoms with Gasteiger partial charge in [0.15, 0.2) is 11.0 Å². The minimum absolute atomic E-state index is 0.0634. The number of piperidine rings is 1. The molecule has 1 amide bonds. The highest BCUT2D eigenvalue weighted by molar-refractivity contribution is 8.00. The smallest absolute Gasteiger partial charge is 0.237 e. The van der Waals surface area contributed by atoms with Crippen LogP contribution in [0.5, 0.6) is 0 Å². The molecule has 0 bridgehead atoms. The number of thioether (sulfide) groups is 1. The molecule has 1 fully saturated rings. The molecule has 10 heteroatoms. The van der Waals surface area contributed by atoms with E-state index in [-0.39, 0.29) is 16.7 Å². The summed E-state index contributed by atoms with van der Waals surface area (Å²) >= 11 is 7.05. The Hall–Kier alpha value is -2.49. The molecule has 1 unspecified atom stereocenters. The van der Waals surface area contributed by atoms with E-state index in [0.29, 0.717) is 17.4 Å². The summed E-state index contributed by atoms with van der Waals surface area (Å²) in [5.74, 6) is -0.423. The van der Waals surface area contributed by atoms with Gasteiger partial charge in [-0.05, 0) is 75.3 Å². The van der Waals surface area contributed by atoms with E-state index < -0.39 is 11.1 Å². The van der Waals surface area contributed by atoms with Gasteiger partial charge in [-0.1, -0.05) is 29.8 Å². The first kappa shape index (κ1) is 23.7. The van der Waals surface area contributed by atoms with Gasteiger partial charge < -0.3 is 5.32 Å². The standard InChI is InChI=1S/C23H24ClF2N5OS/c1-15(22(32)27-17-7-10-20(26)19(24)13-17)33-23-29-28-21(14-30-11-3-2-4-12-30)31(23)18-8-5-16(25)6-9-18/h5-10,13,15H,2-4,11-12,14H2,1H3,(H,27,32). The van der Waals surface area contributed by atoms with Gasteiger partial charge in [-0.25, -0.2) is 8.78 Å². The number of carbonyl (C=O) groups is 1. The van der Waals surface area contributed by atoms with Crippen molar-refractivity contribution in [2.75, 3.05) is 18.4 Å². The normalized spacial score (nSPS) is 15.4. The second-order valence-corrected chi connectivity index (χ2v) is 9.64. The van der Waals surface area contributed by atoms with Crippen LogP contribution in [-0.2, 0) is 11.3 Å². The van der Waals surface area contributed by atoms with E-state index in [1.807, 2.05) is 4.57 Å². The van der Waals surface area contributed by atoms with Crippen LogP contribution in [0.1, 0.15) is 32.0 Å². The predicted octanol–water partition coefficient (Wildman–Crippen LogP) is 5.30. The third-order valence-electron chi connectivity index (χ3n) is 5.44. The molecule has 1 atom stereocenters. The Kier molecular flexibility index (Phi) is 7.62. The molecule has 0 saturated carbocycles. The summed E-state index contributed by atoms with van der Waals surface area (Å²) in [6.07, 6.45) is 3.53. The summed E-state index contributed by atoms with van der Waals surface area (Å²) in [4.78, 5) is 15.1. The summed E-state index contributed by atoms with van der Waals surface area (Å²) < 4.78 is 28.8. The summed E-state index contributed by atoms with van der Waals surface area (Å²) in [6.45, 7) is 4.37. The highest BCUT2D eigenvalue weighted by Crippen LogP contribution is 2.28. The zero-order chi connectivity index (χ0) is 23.4. The quantitative estimate of drug-likeness (QED) is 0.454. The van der Waals surface area contributed by atoms with Gasteiger partial charge in [0.25, 0.3) is 0 Å². The maximum atomic E-state index is 13.5. The Morgan fingerprint density at radius 2 is 1.85 bits per heavy atom. The second-order valence-electron chi connectivity index (χ2n) is 7.93. The van der Waals surface area contributed by atoms with Crippen LogP contribution in [-0.4, -0.2) is 43.9 Å². The first-order valence-electron chi connectivity index (χ1n) is 10.8. The van der Waals surface area contributed by atoms with Crippen molar-refractivity contribution < 1.29 is 13.6 Å². The highest BCUT2D eigenvalue weighted by Gasteiger charge is 2.23. The Morgan fingerprint density at radius 3 is 2.55 bits per heavy atom. The first-order valence-corrected chi connectivity index (χ1v) is 12.0. The van der Waals surface area contributed by atoms with Crippen LogP contribution in [0.2, 0.25) is 5.02 Å². The molecule has 1 aliphatic rings. The number of rotatable bonds is 7. The van der Waals surface area contributed by atoms with Gasteiger partial charge in [0, 0.05) is 11.4 Å². The molecule has 6 nitrogen and oxygen atoms in total. The number of amides is 1. The maximum Gasteiger partial charge on any atom is 0.237 e. The molecule has 0 radical (unpaired) electrons. The Morgan fingerprint density at radius 1 is 1.12 bits per heavy atom. The summed E-state index contributed by atoms with van der Waals surface area (Å²) in [7, 11) is 0. The van der Waals surface area contributed by atoms with Crippen LogP contribution in [0.3, 0.4) is 0 Å². The number of halogens is 3. The van der Waals surface area contributed by atoms with Crippen molar-refractivity contribution in [2.24, 2.45) is 0 Å². The minimum Gasteiger partial charge on any atom is -0.325 e. The van der Waals surface area contributed by atoms with E-state index in [9.17, 15) is 13.6 Å². The number of nitrogens with zero attached hydrogens (tertiary/aromatic N) is 4. The molecule has 1 aliphatic heterocycles.